The molecule has 1 saturated carbocycles. The highest BCUT2D eigenvalue weighted by Crippen LogP contribution is 2.26. The lowest BCUT2D eigenvalue weighted by Crippen LogP contribution is -2.42. The van der Waals surface area contributed by atoms with Crippen LogP contribution >= 0.6 is 0 Å². The van der Waals surface area contributed by atoms with E-state index >= 15 is 0 Å². The summed E-state index contributed by atoms with van der Waals surface area (Å²) in [5.74, 6) is 0.539. The summed E-state index contributed by atoms with van der Waals surface area (Å²) in [6.07, 6.45) is 5.68. The Morgan fingerprint density at radius 2 is 1.33 bits per heavy atom. The molecule has 1 fully saturated rings. The van der Waals surface area contributed by atoms with E-state index in [-0.39, 0.29) is 12.2 Å². The number of hydrogen-bond donors (Lipinski definition) is 0. The normalized spacial score (nSPS) is 14.7. The molecular weight excluding hydrogens is 416 g/mol. The smallest absolute Gasteiger partial charge is 0.410 e. The van der Waals surface area contributed by atoms with Gasteiger partial charge in [0, 0.05) is 26.2 Å². The van der Waals surface area contributed by atoms with Crippen LogP contribution in [0.5, 0.6) is 0 Å². The van der Waals surface area contributed by atoms with Crippen LogP contribution in [0.1, 0.15) is 79.2 Å². The molecule has 0 heterocycles. The molecule has 0 aliphatic heterocycles. The molecular formula is C27H44N2O4. The number of carbonyl (C=O) groups excluding carboxylic acids is 2. The lowest BCUT2D eigenvalue weighted by molar-refractivity contribution is 0.0187. The van der Waals surface area contributed by atoms with Gasteiger partial charge in [0.1, 0.15) is 11.2 Å². The fraction of sp³-hybridized carbons (Fsp3) is 0.704. The Hall–Kier alpha value is -2.24. The summed E-state index contributed by atoms with van der Waals surface area (Å²) in [5, 5.41) is 0. The average Bonchev–Trinajstić information content (AvgIpc) is 3.21. The third kappa shape index (κ3) is 11.0. The Balaban J connectivity index is 1.99. The van der Waals surface area contributed by atoms with Crippen LogP contribution in [0, 0.1) is 5.92 Å². The van der Waals surface area contributed by atoms with E-state index in [9.17, 15) is 9.59 Å². The van der Waals surface area contributed by atoms with Gasteiger partial charge in [-0.15, -0.1) is 0 Å². The first-order valence-electron chi connectivity index (χ1n) is 12.4. The molecule has 2 amide bonds. The molecule has 0 radical (unpaired) electrons. The number of amides is 2. The molecule has 1 aliphatic rings. The lowest BCUT2D eigenvalue weighted by Gasteiger charge is -2.31. The fourth-order valence-corrected chi connectivity index (χ4v) is 4.07. The molecule has 6 heteroatoms. The monoisotopic (exact) mass is 460 g/mol. The quantitative estimate of drug-likeness (QED) is 0.435. The van der Waals surface area contributed by atoms with Crippen LogP contribution in [0.15, 0.2) is 30.3 Å². The Morgan fingerprint density at radius 1 is 0.818 bits per heavy atom. The van der Waals surface area contributed by atoms with Gasteiger partial charge in [-0.05, 0) is 78.7 Å². The van der Waals surface area contributed by atoms with Crippen molar-refractivity contribution in [3.63, 3.8) is 0 Å². The predicted octanol–water partition coefficient (Wildman–Crippen LogP) is 6.28. The van der Waals surface area contributed by atoms with Gasteiger partial charge in [0.25, 0.3) is 0 Å². The summed E-state index contributed by atoms with van der Waals surface area (Å²) >= 11 is 0. The molecule has 1 aromatic rings. The zero-order valence-electron chi connectivity index (χ0n) is 21.6. The first kappa shape index (κ1) is 27.0. The maximum absolute atomic E-state index is 12.9. The van der Waals surface area contributed by atoms with Crippen molar-refractivity contribution in [2.75, 3.05) is 26.2 Å². The lowest BCUT2D eigenvalue weighted by atomic mass is 10.1. The van der Waals surface area contributed by atoms with E-state index in [1.54, 1.807) is 4.90 Å². The summed E-state index contributed by atoms with van der Waals surface area (Å²) in [6.45, 7) is 13.7. The van der Waals surface area contributed by atoms with Crippen molar-refractivity contribution < 1.29 is 19.1 Å². The van der Waals surface area contributed by atoms with Gasteiger partial charge in [-0.1, -0.05) is 43.2 Å². The van der Waals surface area contributed by atoms with Crippen molar-refractivity contribution >= 4 is 12.2 Å². The third-order valence-electron chi connectivity index (χ3n) is 5.63. The summed E-state index contributed by atoms with van der Waals surface area (Å²) in [4.78, 5) is 29.3. The number of carbonyl (C=O) groups is 2. The van der Waals surface area contributed by atoms with E-state index in [1.165, 1.54) is 31.2 Å². The van der Waals surface area contributed by atoms with Gasteiger partial charge in [-0.2, -0.15) is 0 Å². The van der Waals surface area contributed by atoms with Crippen molar-refractivity contribution in [3.8, 4) is 0 Å². The Bertz CT molecular complexity index is 731. The minimum atomic E-state index is -0.549. The molecule has 6 nitrogen and oxygen atoms in total. The van der Waals surface area contributed by atoms with Crippen LogP contribution in [0.25, 0.3) is 0 Å². The molecule has 0 saturated heterocycles. The van der Waals surface area contributed by atoms with E-state index < -0.39 is 11.2 Å². The highest BCUT2D eigenvalue weighted by Gasteiger charge is 2.27. The van der Waals surface area contributed by atoms with E-state index in [4.69, 9.17) is 9.47 Å². The van der Waals surface area contributed by atoms with E-state index in [2.05, 4.69) is 12.1 Å². The Kier molecular flexibility index (Phi) is 10.1. The third-order valence-corrected chi connectivity index (χ3v) is 5.63. The molecule has 0 N–H and O–H groups in total. The number of benzene rings is 1. The first-order valence-corrected chi connectivity index (χ1v) is 12.4. The van der Waals surface area contributed by atoms with Gasteiger partial charge in [0.05, 0.1) is 0 Å². The second kappa shape index (κ2) is 12.3. The van der Waals surface area contributed by atoms with E-state index in [0.29, 0.717) is 32.0 Å². The van der Waals surface area contributed by atoms with Crippen molar-refractivity contribution in [1.82, 2.24) is 9.80 Å². The molecule has 0 atom stereocenters. The van der Waals surface area contributed by atoms with Crippen LogP contribution in [0.4, 0.5) is 9.59 Å². The van der Waals surface area contributed by atoms with Crippen LogP contribution in [0.3, 0.4) is 0 Å². The zero-order valence-corrected chi connectivity index (χ0v) is 21.6. The molecule has 186 valence electrons. The first-order chi connectivity index (χ1) is 15.4. The molecule has 1 aliphatic carbocycles. The molecule has 33 heavy (non-hydrogen) atoms. The summed E-state index contributed by atoms with van der Waals surface area (Å²) in [7, 11) is 0. The number of ether oxygens (including phenoxy) is 2. The van der Waals surface area contributed by atoms with Gasteiger partial charge < -0.3 is 19.3 Å². The van der Waals surface area contributed by atoms with Crippen molar-refractivity contribution in [1.29, 1.82) is 0 Å². The van der Waals surface area contributed by atoms with Crippen molar-refractivity contribution in [3.05, 3.63) is 35.9 Å². The Labute approximate surface area is 200 Å². The minimum Gasteiger partial charge on any atom is -0.444 e. The minimum absolute atomic E-state index is 0.262. The number of nitrogens with zero attached hydrogens (tertiary/aromatic N) is 2. The van der Waals surface area contributed by atoms with Gasteiger partial charge in [0.15, 0.2) is 0 Å². The molecule has 1 aromatic carbocycles. The van der Waals surface area contributed by atoms with Crippen LogP contribution in [-0.2, 0) is 15.9 Å². The maximum Gasteiger partial charge on any atom is 0.410 e. The molecule has 0 unspecified atom stereocenters. The van der Waals surface area contributed by atoms with Crippen molar-refractivity contribution in [2.24, 2.45) is 5.92 Å². The SMILES string of the molecule is CC(C)(C)OC(=O)N(CCCN(CC1CCCC1)C(=O)OC(C)(C)C)CCc1ccccc1. The average molecular weight is 461 g/mol. The van der Waals surface area contributed by atoms with Gasteiger partial charge in [-0.25, -0.2) is 9.59 Å². The number of rotatable bonds is 9. The summed E-state index contributed by atoms with van der Waals surface area (Å²) < 4.78 is 11.3. The highest BCUT2D eigenvalue weighted by molar-refractivity contribution is 5.69. The van der Waals surface area contributed by atoms with E-state index in [0.717, 1.165) is 13.0 Å². The largest absolute Gasteiger partial charge is 0.444 e. The van der Waals surface area contributed by atoms with Gasteiger partial charge in [-0.3, -0.25) is 0 Å². The summed E-state index contributed by atoms with van der Waals surface area (Å²) in [6, 6.07) is 10.1. The van der Waals surface area contributed by atoms with Gasteiger partial charge >= 0.3 is 12.2 Å². The number of hydrogen-bond acceptors (Lipinski definition) is 4. The van der Waals surface area contributed by atoms with Gasteiger partial charge in [0.2, 0.25) is 0 Å². The standard InChI is InChI=1S/C27H44N2O4/c1-26(2,3)32-24(30)28(20-17-22-13-8-7-9-14-22)18-12-19-29(21-23-15-10-11-16-23)25(31)33-27(4,5)6/h7-9,13-14,23H,10-12,15-21H2,1-6H3. The Morgan fingerprint density at radius 3 is 1.88 bits per heavy atom. The second-order valence-corrected chi connectivity index (χ2v) is 11.1. The fourth-order valence-electron chi connectivity index (χ4n) is 4.07. The van der Waals surface area contributed by atoms with E-state index in [1.807, 2.05) is 64.6 Å². The van der Waals surface area contributed by atoms with Crippen LogP contribution in [0.2, 0.25) is 0 Å². The molecule has 0 spiro atoms. The van der Waals surface area contributed by atoms with Crippen LogP contribution in [-0.4, -0.2) is 59.4 Å². The maximum atomic E-state index is 12.9. The second-order valence-electron chi connectivity index (χ2n) is 11.1. The zero-order chi connectivity index (χ0) is 24.5. The topological polar surface area (TPSA) is 59.1 Å². The molecule has 2 rings (SSSR count). The molecule has 0 bridgehead atoms. The molecule has 0 aromatic heterocycles. The van der Waals surface area contributed by atoms with Crippen molar-refractivity contribution in [2.45, 2.75) is 91.3 Å². The predicted molar refractivity (Wildman–Crippen MR) is 132 cm³/mol. The van der Waals surface area contributed by atoms with Crippen LogP contribution < -0.4 is 0 Å². The highest BCUT2D eigenvalue weighted by atomic mass is 16.6. The summed E-state index contributed by atoms with van der Waals surface area (Å²) in [5.41, 5.74) is 0.110.